The maximum atomic E-state index is 12.9. The van der Waals surface area contributed by atoms with Crippen molar-refractivity contribution in [3.63, 3.8) is 0 Å². The molecule has 1 aromatic heterocycles. The molecule has 3 rings (SSSR count). The van der Waals surface area contributed by atoms with Gasteiger partial charge >= 0.3 is 0 Å². The number of benzene rings is 2. The minimum absolute atomic E-state index is 0.238. The molecule has 1 heterocycles. The van der Waals surface area contributed by atoms with Gasteiger partial charge in [-0.05, 0) is 42.0 Å². The summed E-state index contributed by atoms with van der Waals surface area (Å²) in [6, 6.07) is 16.3. The average molecular weight is 337 g/mol. The molecule has 6 heteroatoms. The lowest BCUT2D eigenvalue weighted by Gasteiger charge is -2.13. The van der Waals surface area contributed by atoms with Gasteiger partial charge in [0.05, 0.1) is 0 Å². The van der Waals surface area contributed by atoms with Crippen LogP contribution in [0.2, 0.25) is 0 Å². The largest absolute Gasteiger partial charge is 0.378 e. The van der Waals surface area contributed by atoms with Gasteiger partial charge in [0.1, 0.15) is 23.8 Å². The monoisotopic (exact) mass is 337 g/mol. The lowest BCUT2D eigenvalue weighted by molar-refractivity contribution is 0.627. The Morgan fingerprint density at radius 1 is 0.920 bits per heavy atom. The van der Waals surface area contributed by atoms with E-state index in [9.17, 15) is 4.39 Å². The molecular formula is C19H20FN5. The summed E-state index contributed by atoms with van der Waals surface area (Å²) < 4.78 is 12.9. The van der Waals surface area contributed by atoms with Crippen molar-refractivity contribution >= 4 is 23.0 Å². The Morgan fingerprint density at radius 2 is 1.60 bits per heavy atom. The molecule has 5 nitrogen and oxygen atoms in total. The first kappa shape index (κ1) is 16.7. The fourth-order valence-electron chi connectivity index (χ4n) is 2.31. The summed E-state index contributed by atoms with van der Waals surface area (Å²) in [5.74, 6) is 1.17. The van der Waals surface area contributed by atoms with Crippen LogP contribution in [0.25, 0.3) is 0 Å². The maximum Gasteiger partial charge on any atom is 0.135 e. The first-order valence-electron chi connectivity index (χ1n) is 7.95. The summed E-state index contributed by atoms with van der Waals surface area (Å²) in [6.07, 6.45) is 1.50. The lowest BCUT2D eigenvalue weighted by atomic mass is 10.2. The summed E-state index contributed by atoms with van der Waals surface area (Å²) >= 11 is 0. The standard InChI is InChI=1S/C19H20FN5/c1-25(2)17-9-7-16(8-10-17)24-19-11-18(22-13-23-19)21-12-14-3-5-15(20)6-4-14/h3-11,13H,12H2,1-2H3,(H2,21,22,23,24). The first-order chi connectivity index (χ1) is 12.1. The van der Waals surface area contributed by atoms with Crippen LogP contribution in [0.1, 0.15) is 5.56 Å². The molecule has 0 saturated heterocycles. The number of nitrogens with one attached hydrogen (secondary N) is 2. The normalized spacial score (nSPS) is 10.4. The van der Waals surface area contributed by atoms with Crippen molar-refractivity contribution in [3.8, 4) is 0 Å². The SMILES string of the molecule is CN(C)c1ccc(Nc2cc(NCc3ccc(F)cc3)ncn2)cc1. The van der Waals surface area contributed by atoms with Crippen LogP contribution in [0.5, 0.6) is 0 Å². The highest BCUT2D eigenvalue weighted by molar-refractivity contribution is 5.62. The second kappa shape index (κ2) is 7.61. The van der Waals surface area contributed by atoms with E-state index in [0.29, 0.717) is 18.2 Å². The zero-order valence-electron chi connectivity index (χ0n) is 14.2. The molecule has 0 radical (unpaired) electrons. The van der Waals surface area contributed by atoms with Crippen LogP contribution >= 0.6 is 0 Å². The summed E-state index contributed by atoms with van der Waals surface area (Å²) in [7, 11) is 4.01. The number of aromatic nitrogens is 2. The molecule has 3 aromatic rings. The van der Waals surface area contributed by atoms with Gasteiger partial charge in [0, 0.05) is 38.1 Å². The molecule has 0 spiro atoms. The third-order valence-corrected chi connectivity index (χ3v) is 3.71. The van der Waals surface area contributed by atoms with Crippen molar-refractivity contribution in [1.29, 1.82) is 0 Å². The van der Waals surface area contributed by atoms with Gasteiger partial charge in [-0.3, -0.25) is 0 Å². The smallest absolute Gasteiger partial charge is 0.135 e. The summed E-state index contributed by atoms with van der Waals surface area (Å²) in [5, 5.41) is 6.47. The van der Waals surface area contributed by atoms with E-state index in [-0.39, 0.29) is 5.82 Å². The minimum atomic E-state index is -0.238. The van der Waals surface area contributed by atoms with Gasteiger partial charge in [0.15, 0.2) is 0 Å². The molecule has 0 unspecified atom stereocenters. The quantitative estimate of drug-likeness (QED) is 0.711. The molecule has 0 bridgehead atoms. The number of halogens is 1. The van der Waals surface area contributed by atoms with Gasteiger partial charge in [-0.2, -0.15) is 0 Å². The summed E-state index contributed by atoms with van der Waals surface area (Å²) in [5.41, 5.74) is 3.07. The third-order valence-electron chi connectivity index (χ3n) is 3.71. The van der Waals surface area contributed by atoms with Gasteiger partial charge in [0.2, 0.25) is 0 Å². The molecule has 0 atom stereocenters. The average Bonchev–Trinajstić information content (AvgIpc) is 2.62. The van der Waals surface area contributed by atoms with Crippen LogP contribution in [-0.4, -0.2) is 24.1 Å². The van der Waals surface area contributed by atoms with Gasteiger partial charge in [-0.15, -0.1) is 0 Å². The highest BCUT2D eigenvalue weighted by Crippen LogP contribution is 2.20. The predicted octanol–water partition coefficient (Wildman–Crippen LogP) is 4.04. The minimum Gasteiger partial charge on any atom is -0.378 e. The van der Waals surface area contributed by atoms with E-state index in [1.54, 1.807) is 12.1 Å². The highest BCUT2D eigenvalue weighted by atomic mass is 19.1. The molecule has 2 N–H and O–H groups in total. The highest BCUT2D eigenvalue weighted by Gasteiger charge is 2.01. The number of anilines is 4. The fraction of sp³-hybridized carbons (Fsp3) is 0.158. The Kier molecular flexibility index (Phi) is 5.09. The number of rotatable bonds is 6. The Morgan fingerprint density at radius 3 is 2.28 bits per heavy atom. The zero-order valence-corrected chi connectivity index (χ0v) is 14.2. The second-order valence-corrected chi connectivity index (χ2v) is 5.83. The fourth-order valence-corrected chi connectivity index (χ4v) is 2.31. The van der Waals surface area contributed by atoms with Crippen LogP contribution in [0.15, 0.2) is 60.9 Å². The van der Waals surface area contributed by atoms with Crippen molar-refractivity contribution in [2.24, 2.45) is 0 Å². The Balaban J connectivity index is 1.63. The van der Waals surface area contributed by atoms with Crippen LogP contribution in [0.4, 0.5) is 27.4 Å². The van der Waals surface area contributed by atoms with E-state index in [1.807, 2.05) is 49.3 Å². The van der Waals surface area contributed by atoms with E-state index in [4.69, 9.17) is 0 Å². The molecule has 0 aliphatic carbocycles. The van der Waals surface area contributed by atoms with Crippen molar-refractivity contribution in [2.75, 3.05) is 29.6 Å². The molecular weight excluding hydrogens is 317 g/mol. The zero-order chi connectivity index (χ0) is 17.6. The van der Waals surface area contributed by atoms with E-state index >= 15 is 0 Å². The maximum absolute atomic E-state index is 12.9. The molecule has 0 amide bonds. The predicted molar refractivity (Wildman–Crippen MR) is 99.8 cm³/mol. The number of hydrogen-bond acceptors (Lipinski definition) is 5. The topological polar surface area (TPSA) is 53.1 Å². The van der Waals surface area contributed by atoms with Crippen molar-refractivity contribution in [3.05, 3.63) is 72.3 Å². The molecule has 25 heavy (non-hydrogen) atoms. The van der Waals surface area contributed by atoms with Crippen molar-refractivity contribution in [2.45, 2.75) is 6.54 Å². The molecule has 0 aliphatic rings. The van der Waals surface area contributed by atoms with E-state index in [0.717, 1.165) is 16.9 Å². The van der Waals surface area contributed by atoms with Gasteiger partial charge in [-0.1, -0.05) is 12.1 Å². The van der Waals surface area contributed by atoms with Gasteiger partial charge in [0.25, 0.3) is 0 Å². The van der Waals surface area contributed by atoms with Gasteiger partial charge < -0.3 is 15.5 Å². The van der Waals surface area contributed by atoms with Crippen molar-refractivity contribution < 1.29 is 4.39 Å². The van der Waals surface area contributed by atoms with E-state index in [1.165, 1.54) is 18.5 Å². The second-order valence-electron chi connectivity index (χ2n) is 5.83. The summed E-state index contributed by atoms with van der Waals surface area (Å²) in [4.78, 5) is 10.5. The Bertz CT molecular complexity index is 816. The van der Waals surface area contributed by atoms with E-state index < -0.39 is 0 Å². The van der Waals surface area contributed by atoms with Crippen LogP contribution in [0.3, 0.4) is 0 Å². The molecule has 2 aromatic carbocycles. The van der Waals surface area contributed by atoms with Crippen LogP contribution in [-0.2, 0) is 6.54 Å². The van der Waals surface area contributed by atoms with Crippen LogP contribution < -0.4 is 15.5 Å². The number of nitrogens with zero attached hydrogens (tertiary/aromatic N) is 3. The summed E-state index contributed by atoms with van der Waals surface area (Å²) in [6.45, 7) is 0.564. The van der Waals surface area contributed by atoms with E-state index in [2.05, 4.69) is 20.6 Å². The lowest BCUT2D eigenvalue weighted by Crippen LogP contribution is -2.08. The molecule has 0 saturated carbocycles. The Hall–Kier alpha value is -3.15. The molecule has 0 aliphatic heterocycles. The molecule has 0 fully saturated rings. The molecule has 128 valence electrons. The number of hydrogen-bond donors (Lipinski definition) is 2. The van der Waals surface area contributed by atoms with Crippen molar-refractivity contribution in [1.82, 2.24) is 9.97 Å². The third kappa shape index (κ3) is 4.67. The Labute approximate surface area is 146 Å². The van der Waals surface area contributed by atoms with Crippen LogP contribution in [0, 0.1) is 5.82 Å². The van der Waals surface area contributed by atoms with Gasteiger partial charge in [-0.25, -0.2) is 14.4 Å². The first-order valence-corrected chi connectivity index (χ1v) is 7.95.